The Morgan fingerprint density at radius 3 is 2.69 bits per heavy atom. The van der Waals surface area contributed by atoms with Crippen LogP contribution in [0.2, 0.25) is 0 Å². The third-order valence-electron chi connectivity index (χ3n) is 1.83. The number of carbonyl (C=O) groups is 1. The van der Waals surface area contributed by atoms with Crippen molar-refractivity contribution in [1.82, 2.24) is 0 Å². The van der Waals surface area contributed by atoms with E-state index in [-0.39, 0.29) is 5.91 Å². The van der Waals surface area contributed by atoms with Gasteiger partial charge in [-0.2, -0.15) is 0 Å². The van der Waals surface area contributed by atoms with Crippen molar-refractivity contribution < 1.29 is 9.18 Å². The second kappa shape index (κ2) is 3.43. The molecule has 0 heterocycles. The SMILES string of the molecule is CC(=O)N(C)c1cc(F)ccc1N. The lowest BCUT2D eigenvalue weighted by Crippen LogP contribution is -2.23. The lowest BCUT2D eigenvalue weighted by molar-refractivity contribution is -0.116. The number of carbonyl (C=O) groups excluding carboxylic acids is 1. The van der Waals surface area contributed by atoms with Gasteiger partial charge < -0.3 is 10.6 Å². The highest BCUT2D eigenvalue weighted by Crippen LogP contribution is 2.22. The number of amides is 1. The van der Waals surface area contributed by atoms with E-state index in [1.807, 2.05) is 0 Å². The Bertz CT molecular complexity index is 338. The maximum atomic E-state index is 12.8. The summed E-state index contributed by atoms with van der Waals surface area (Å²) in [4.78, 5) is 12.3. The Kier molecular flexibility index (Phi) is 2.51. The van der Waals surface area contributed by atoms with Crippen LogP contribution < -0.4 is 10.6 Å². The van der Waals surface area contributed by atoms with Gasteiger partial charge in [0.05, 0.1) is 11.4 Å². The molecule has 70 valence electrons. The van der Waals surface area contributed by atoms with Crippen LogP contribution in [0.1, 0.15) is 6.92 Å². The largest absolute Gasteiger partial charge is 0.397 e. The number of benzene rings is 1. The minimum absolute atomic E-state index is 0.183. The van der Waals surface area contributed by atoms with Crippen LogP contribution in [-0.4, -0.2) is 13.0 Å². The molecular weight excluding hydrogens is 171 g/mol. The Hall–Kier alpha value is -1.58. The summed E-state index contributed by atoms with van der Waals surface area (Å²) in [5, 5.41) is 0. The molecule has 0 aliphatic carbocycles. The number of hydrogen-bond donors (Lipinski definition) is 1. The average Bonchev–Trinajstić information content (AvgIpc) is 2.08. The fourth-order valence-corrected chi connectivity index (χ4v) is 0.977. The van der Waals surface area contributed by atoms with Crippen LogP contribution in [0.4, 0.5) is 15.8 Å². The summed E-state index contributed by atoms with van der Waals surface area (Å²) in [6, 6.07) is 3.92. The topological polar surface area (TPSA) is 46.3 Å². The van der Waals surface area contributed by atoms with E-state index in [0.717, 1.165) is 0 Å². The highest BCUT2D eigenvalue weighted by Gasteiger charge is 2.09. The molecular formula is C9H11FN2O. The maximum Gasteiger partial charge on any atom is 0.223 e. The summed E-state index contributed by atoms with van der Waals surface area (Å²) in [6.45, 7) is 1.39. The van der Waals surface area contributed by atoms with Crippen molar-refractivity contribution in [2.24, 2.45) is 0 Å². The molecule has 0 fully saturated rings. The lowest BCUT2D eigenvalue weighted by atomic mass is 10.2. The molecule has 3 nitrogen and oxygen atoms in total. The van der Waals surface area contributed by atoms with E-state index in [1.54, 1.807) is 7.05 Å². The van der Waals surface area contributed by atoms with Crippen molar-refractivity contribution in [3.05, 3.63) is 24.0 Å². The van der Waals surface area contributed by atoms with Gasteiger partial charge in [-0.25, -0.2) is 4.39 Å². The molecule has 0 radical (unpaired) electrons. The predicted molar refractivity (Wildman–Crippen MR) is 49.9 cm³/mol. The zero-order valence-corrected chi connectivity index (χ0v) is 7.54. The minimum atomic E-state index is -0.405. The van der Waals surface area contributed by atoms with Gasteiger partial charge in [-0.3, -0.25) is 4.79 Å². The molecule has 0 spiro atoms. The Balaban J connectivity index is 3.12. The Morgan fingerprint density at radius 2 is 2.15 bits per heavy atom. The molecule has 0 aromatic heterocycles. The van der Waals surface area contributed by atoms with Crippen molar-refractivity contribution in [3.8, 4) is 0 Å². The number of nitrogens with two attached hydrogens (primary N) is 1. The molecule has 0 saturated heterocycles. The number of nitrogens with zero attached hydrogens (tertiary/aromatic N) is 1. The monoisotopic (exact) mass is 182 g/mol. The number of rotatable bonds is 1. The van der Waals surface area contributed by atoms with E-state index >= 15 is 0 Å². The predicted octanol–water partition coefficient (Wildman–Crippen LogP) is 1.39. The Morgan fingerprint density at radius 1 is 1.54 bits per heavy atom. The third kappa shape index (κ3) is 1.96. The number of halogens is 1. The minimum Gasteiger partial charge on any atom is -0.397 e. The van der Waals surface area contributed by atoms with Gasteiger partial charge in [-0.05, 0) is 18.2 Å². The van der Waals surface area contributed by atoms with Gasteiger partial charge in [0, 0.05) is 14.0 Å². The quantitative estimate of drug-likeness (QED) is 0.667. The van der Waals surface area contributed by atoms with Crippen LogP contribution in [0.25, 0.3) is 0 Å². The second-order valence-electron chi connectivity index (χ2n) is 2.78. The standard InChI is InChI=1S/C9H11FN2O/c1-6(13)12(2)9-5-7(10)3-4-8(9)11/h3-5H,11H2,1-2H3. The molecule has 0 aliphatic rings. The number of anilines is 2. The normalized spacial score (nSPS) is 9.77. The molecule has 0 aliphatic heterocycles. The molecule has 13 heavy (non-hydrogen) atoms. The number of hydrogen-bond acceptors (Lipinski definition) is 2. The van der Waals surface area contributed by atoms with Crippen molar-refractivity contribution in [1.29, 1.82) is 0 Å². The lowest BCUT2D eigenvalue weighted by Gasteiger charge is -2.16. The van der Waals surface area contributed by atoms with E-state index in [9.17, 15) is 9.18 Å². The van der Waals surface area contributed by atoms with Gasteiger partial charge in [0.2, 0.25) is 5.91 Å². The molecule has 1 amide bonds. The molecule has 1 aromatic carbocycles. The van der Waals surface area contributed by atoms with Crippen molar-refractivity contribution in [3.63, 3.8) is 0 Å². The average molecular weight is 182 g/mol. The Labute approximate surface area is 76.0 Å². The van der Waals surface area contributed by atoms with Crippen LogP contribution in [0.15, 0.2) is 18.2 Å². The third-order valence-corrected chi connectivity index (χ3v) is 1.83. The van der Waals surface area contributed by atoms with Gasteiger partial charge in [-0.15, -0.1) is 0 Å². The number of nitrogen functional groups attached to an aromatic ring is 1. The van der Waals surface area contributed by atoms with Gasteiger partial charge >= 0.3 is 0 Å². The summed E-state index contributed by atoms with van der Waals surface area (Å²) in [7, 11) is 1.55. The summed E-state index contributed by atoms with van der Waals surface area (Å²) >= 11 is 0. The van der Waals surface area contributed by atoms with Crippen LogP contribution >= 0.6 is 0 Å². The highest BCUT2D eigenvalue weighted by atomic mass is 19.1. The van der Waals surface area contributed by atoms with Crippen LogP contribution in [0.5, 0.6) is 0 Å². The molecule has 0 bridgehead atoms. The first kappa shape index (κ1) is 9.51. The molecule has 4 heteroatoms. The fraction of sp³-hybridized carbons (Fsp3) is 0.222. The van der Waals surface area contributed by atoms with E-state index in [0.29, 0.717) is 11.4 Å². The summed E-state index contributed by atoms with van der Waals surface area (Å²) in [6.07, 6.45) is 0. The second-order valence-corrected chi connectivity index (χ2v) is 2.78. The van der Waals surface area contributed by atoms with Crippen LogP contribution in [-0.2, 0) is 4.79 Å². The van der Waals surface area contributed by atoms with E-state index in [4.69, 9.17) is 5.73 Å². The first-order valence-electron chi connectivity index (χ1n) is 3.81. The summed E-state index contributed by atoms with van der Waals surface area (Å²) < 4.78 is 12.8. The molecule has 0 atom stereocenters. The molecule has 1 rings (SSSR count). The van der Waals surface area contributed by atoms with Gasteiger partial charge in [-0.1, -0.05) is 0 Å². The smallest absolute Gasteiger partial charge is 0.223 e. The maximum absolute atomic E-state index is 12.8. The zero-order chi connectivity index (χ0) is 10.0. The zero-order valence-electron chi connectivity index (χ0n) is 7.54. The van der Waals surface area contributed by atoms with Crippen LogP contribution in [0, 0.1) is 5.82 Å². The summed E-state index contributed by atoms with van der Waals surface area (Å²) in [5.41, 5.74) is 6.35. The van der Waals surface area contributed by atoms with Gasteiger partial charge in [0.1, 0.15) is 5.82 Å². The highest BCUT2D eigenvalue weighted by molar-refractivity contribution is 5.94. The van der Waals surface area contributed by atoms with Crippen molar-refractivity contribution >= 4 is 17.3 Å². The first-order chi connectivity index (χ1) is 6.02. The van der Waals surface area contributed by atoms with Crippen molar-refractivity contribution in [2.45, 2.75) is 6.92 Å². The molecule has 0 saturated carbocycles. The molecule has 0 unspecified atom stereocenters. The molecule has 1 aromatic rings. The van der Waals surface area contributed by atoms with E-state index < -0.39 is 5.82 Å². The summed E-state index contributed by atoms with van der Waals surface area (Å²) in [5.74, 6) is -0.588. The van der Waals surface area contributed by atoms with Gasteiger partial charge in [0.25, 0.3) is 0 Å². The van der Waals surface area contributed by atoms with E-state index in [2.05, 4.69) is 0 Å². The van der Waals surface area contributed by atoms with E-state index in [1.165, 1.54) is 30.0 Å². The van der Waals surface area contributed by atoms with Crippen LogP contribution in [0.3, 0.4) is 0 Å². The molecule has 2 N–H and O–H groups in total. The van der Waals surface area contributed by atoms with Crippen molar-refractivity contribution in [2.75, 3.05) is 17.7 Å². The van der Waals surface area contributed by atoms with Gasteiger partial charge in [0.15, 0.2) is 0 Å². The first-order valence-corrected chi connectivity index (χ1v) is 3.81. The fourth-order valence-electron chi connectivity index (χ4n) is 0.977.